The highest BCUT2D eigenvalue weighted by atomic mass is 19.1. The van der Waals surface area contributed by atoms with Crippen LogP contribution in [0, 0.1) is 5.82 Å². The third-order valence-corrected chi connectivity index (χ3v) is 5.92. The van der Waals surface area contributed by atoms with Crippen LogP contribution in [0.1, 0.15) is 16.1 Å². The summed E-state index contributed by atoms with van der Waals surface area (Å²) < 4.78 is 20.5. The Morgan fingerprint density at radius 1 is 1.06 bits per heavy atom. The Hall–Kier alpha value is -3.62. The minimum absolute atomic E-state index is 0.335. The van der Waals surface area contributed by atoms with Crippen LogP contribution in [0.15, 0.2) is 60.9 Å². The van der Waals surface area contributed by atoms with Gasteiger partial charge < -0.3 is 10.1 Å². The highest BCUT2D eigenvalue weighted by Crippen LogP contribution is 2.29. The van der Waals surface area contributed by atoms with Gasteiger partial charge in [0.15, 0.2) is 0 Å². The van der Waals surface area contributed by atoms with Crippen molar-refractivity contribution >= 4 is 22.5 Å². The first kappa shape index (κ1) is 21.2. The van der Waals surface area contributed by atoms with Crippen molar-refractivity contribution in [1.82, 2.24) is 19.7 Å². The molecule has 1 aliphatic heterocycles. The van der Waals surface area contributed by atoms with Gasteiger partial charge in [-0.3, -0.25) is 14.4 Å². The van der Waals surface area contributed by atoms with Gasteiger partial charge in [0.2, 0.25) is 0 Å². The number of nitrogens with one attached hydrogen (secondary N) is 1. The summed E-state index contributed by atoms with van der Waals surface area (Å²) in [5, 5.41) is 9.22. The van der Waals surface area contributed by atoms with Crippen LogP contribution in [0.5, 0.6) is 0 Å². The van der Waals surface area contributed by atoms with Gasteiger partial charge in [-0.05, 0) is 47.3 Å². The lowest BCUT2D eigenvalue weighted by Gasteiger charge is -2.27. The first-order valence-electron chi connectivity index (χ1n) is 10.8. The van der Waals surface area contributed by atoms with Gasteiger partial charge >= 0.3 is 0 Å². The van der Waals surface area contributed by atoms with Gasteiger partial charge in [0.1, 0.15) is 11.6 Å². The summed E-state index contributed by atoms with van der Waals surface area (Å²) in [5.74, 6) is -0.280. The van der Waals surface area contributed by atoms with E-state index in [4.69, 9.17) is 4.74 Å². The number of hydrogen-bond acceptors (Lipinski definition) is 5. The van der Waals surface area contributed by atoms with E-state index in [-0.39, 0.29) is 11.7 Å². The average Bonchev–Trinajstić information content (AvgIpc) is 3.19. The standard InChI is InChI=1S/C25H24FN5O2/c1-30-23(16-31-8-10-33-11-9-31)22(15-28-30)18-2-3-19-14-27-24(13-20(19)12-18)29-25(32)17-4-6-21(26)7-5-17/h2-7,12-15H,8-11,16H2,1H3,(H,27,29,32). The summed E-state index contributed by atoms with van der Waals surface area (Å²) in [6, 6.07) is 13.4. The van der Waals surface area contributed by atoms with E-state index in [2.05, 4.69) is 32.4 Å². The number of nitrogens with zero attached hydrogens (tertiary/aromatic N) is 4. The van der Waals surface area contributed by atoms with E-state index in [9.17, 15) is 9.18 Å². The third-order valence-electron chi connectivity index (χ3n) is 5.92. The summed E-state index contributed by atoms with van der Waals surface area (Å²) in [7, 11) is 1.97. The van der Waals surface area contributed by atoms with E-state index < -0.39 is 0 Å². The molecule has 2 aromatic heterocycles. The molecule has 0 saturated carbocycles. The number of pyridine rings is 1. The van der Waals surface area contributed by atoms with Crippen molar-refractivity contribution in [3.05, 3.63) is 78.0 Å². The Morgan fingerprint density at radius 3 is 2.64 bits per heavy atom. The maximum Gasteiger partial charge on any atom is 0.256 e. The Bertz CT molecular complexity index is 1300. The second-order valence-electron chi connectivity index (χ2n) is 8.11. The second kappa shape index (κ2) is 9.09. The highest BCUT2D eigenvalue weighted by Gasteiger charge is 2.17. The number of halogens is 1. The van der Waals surface area contributed by atoms with Crippen LogP contribution in [0.3, 0.4) is 0 Å². The number of morpholine rings is 1. The van der Waals surface area contributed by atoms with Crippen molar-refractivity contribution in [2.24, 2.45) is 7.05 Å². The average molecular weight is 445 g/mol. The molecule has 1 amide bonds. The molecule has 168 valence electrons. The molecule has 1 saturated heterocycles. The number of benzene rings is 2. The van der Waals surface area contributed by atoms with Gasteiger partial charge in [0, 0.05) is 49.4 Å². The molecule has 1 fully saturated rings. The van der Waals surface area contributed by atoms with Crippen LogP contribution in [0.4, 0.5) is 10.2 Å². The minimum atomic E-state index is -0.383. The van der Waals surface area contributed by atoms with Gasteiger partial charge in [-0.2, -0.15) is 5.10 Å². The van der Waals surface area contributed by atoms with Crippen molar-refractivity contribution in [1.29, 1.82) is 0 Å². The Balaban J connectivity index is 1.41. The smallest absolute Gasteiger partial charge is 0.256 e. The molecule has 1 aliphatic rings. The first-order chi connectivity index (χ1) is 16.1. The largest absolute Gasteiger partial charge is 0.379 e. The van der Waals surface area contributed by atoms with Gasteiger partial charge in [-0.25, -0.2) is 9.37 Å². The number of hydrogen-bond donors (Lipinski definition) is 1. The number of amides is 1. The van der Waals surface area contributed by atoms with E-state index in [1.165, 1.54) is 24.3 Å². The molecular weight excluding hydrogens is 421 g/mol. The molecular formula is C25H24FN5O2. The molecule has 33 heavy (non-hydrogen) atoms. The Morgan fingerprint density at radius 2 is 1.85 bits per heavy atom. The van der Waals surface area contributed by atoms with Crippen molar-refractivity contribution < 1.29 is 13.9 Å². The topological polar surface area (TPSA) is 72.3 Å². The molecule has 0 radical (unpaired) electrons. The lowest BCUT2D eigenvalue weighted by molar-refractivity contribution is 0.0332. The van der Waals surface area contributed by atoms with E-state index in [1.54, 1.807) is 6.20 Å². The highest BCUT2D eigenvalue weighted by molar-refractivity contribution is 6.04. The monoisotopic (exact) mass is 445 g/mol. The predicted octanol–water partition coefficient (Wildman–Crippen LogP) is 3.86. The molecule has 1 N–H and O–H groups in total. The number of anilines is 1. The summed E-state index contributed by atoms with van der Waals surface area (Å²) in [6.07, 6.45) is 3.63. The van der Waals surface area contributed by atoms with E-state index >= 15 is 0 Å². The van der Waals surface area contributed by atoms with Crippen LogP contribution in [0.25, 0.3) is 21.9 Å². The van der Waals surface area contributed by atoms with Crippen LogP contribution in [-0.4, -0.2) is 51.9 Å². The van der Waals surface area contributed by atoms with Gasteiger partial charge in [0.25, 0.3) is 5.91 Å². The van der Waals surface area contributed by atoms with Crippen molar-refractivity contribution in [2.45, 2.75) is 6.54 Å². The zero-order valence-electron chi connectivity index (χ0n) is 18.3. The molecule has 0 aliphatic carbocycles. The summed E-state index contributed by atoms with van der Waals surface area (Å²) in [5.41, 5.74) is 3.66. The SMILES string of the molecule is Cn1ncc(-c2ccc3cnc(NC(=O)c4ccc(F)cc4)cc3c2)c1CN1CCOCC1. The van der Waals surface area contributed by atoms with E-state index in [1.807, 2.05) is 30.1 Å². The Labute approximate surface area is 190 Å². The number of carbonyl (C=O) groups excluding carboxylic acids is 1. The summed E-state index contributed by atoms with van der Waals surface area (Å²) >= 11 is 0. The minimum Gasteiger partial charge on any atom is -0.379 e. The van der Waals surface area contributed by atoms with Crippen LogP contribution in [0.2, 0.25) is 0 Å². The molecule has 7 nitrogen and oxygen atoms in total. The number of carbonyl (C=O) groups is 1. The molecule has 0 unspecified atom stereocenters. The maximum absolute atomic E-state index is 13.1. The van der Waals surface area contributed by atoms with Gasteiger partial charge in [-0.1, -0.05) is 12.1 Å². The number of rotatable bonds is 5. The Kier molecular flexibility index (Phi) is 5.85. The molecule has 5 rings (SSSR count). The van der Waals surface area contributed by atoms with E-state index in [0.29, 0.717) is 11.4 Å². The molecule has 0 spiro atoms. The molecule has 0 atom stereocenters. The fourth-order valence-electron chi connectivity index (χ4n) is 4.03. The lowest BCUT2D eigenvalue weighted by Crippen LogP contribution is -2.36. The van der Waals surface area contributed by atoms with E-state index in [0.717, 1.165) is 60.4 Å². The van der Waals surface area contributed by atoms with Crippen molar-refractivity contribution in [2.75, 3.05) is 31.6 Å². The van der Waals surface area contributed by atoms with Crippen molar-refractivity contribution in [3.63, 3.8) is 0 Å². The summed E-state index contributed by atoms with van der Waals surface area (Å²) in [6.45, 7) is 4.13. The molecule has 2 aromatic carbocycles. The lowest BCUT2D eigenvalue weighted by atomic mass is 10.0. The van der Waals surface area contributed by atoms with Gasteiger partial charge in [-0.15, -0.1) is 0 Å². The van der Waals surface area contributed by atoms with Crippen LogP contribution >= 0.6 is 0 Å². The quantitative estimate of drug-likeness (QED) is 0.505. The number of aromatic nitrogens is 3. The molecule has 4 aromatic rings. The predicted molar refractivity (Wildman–Crippen MR) is 124 cm³/mol. The number of ether oxygens (including phenoxy) is 1. The third kappa shape index (κ3) is 4.62. The normalized spacial score (nSPS) is 14.5. The van der Waals surface area contributed by atoms with Crippen LogP contribution in [-0.2, 0) is 18.3 Å². The second-order valence-corrected chi connectivity index (χ2v) is 8.11. The van der Waals surface area contributed by atoms with Gasteiger partial charge in [0.05, 0.1) is 25.1 Å². The summed E-state index contributed by atoms with van der Waals surface area (Å²) in [4.78, 5) is 19.2. The molecule has 0 bridgehead atoms. The van der Waals surface area contributed by atoms with Crippen molar-refractivity contribution in [3.8, 4) is 11.1 Å². The number of aryl methyl sites for hydroxylation is 1. The fourth-order valence-corrected chi connectivity index (χ4v) is 4.03. The van der Waals surface area contributed by atoms with Crippen LogP contribution < -0.4 is 5.32 Å². The fraction of sp³-hybridized carbons (Fsp3) is 0.240. The number of fused-ring (bicyclic) bond motifs is 1. The zero-order chi connectivity index (χ0) is 22.8. The zero-order valence-corrected chi connectivity index (χ0v) is 18.3. The molecule has 3 heterocycles. The first-order valence-corrected chi connectivity index (χ1v) is 10.8. The maximum atomic E-state index is 13.1. The molecule has 8 heteroatoms.